The van der Waals surface area contributed by atoms with Crippen LogP contribution in [0.5, 0.6) is 0 Å². The lowest BCUT2D eigenvalue weighted by Crippen LogP contribution is -1.82. The number of rotatable bonds is 5. The lowest BCUT2D eigenvalue weighted by molar-refractivity contribution is 0.531. The zero-order chi connectivity index (χ0) is 16.4. The second-order valence-corrected chi connectivity index (χ2v) is 7.11. The molecule has 0 bridgehead atoms. The third kappa shape index (κ3) is 3.27. The average molecular weight is 354 g/mol. The van der Waals surface area contributed by atoms with Gasteiger partial charge in [0, 0.05) is 5.56 Å². The highest BCUT2D eigenvalue weighted by Gasteiger charge is 2.10. The Morgan fingerprint density at radius 3 is 2.88 bits per heavy atom. The van der Waals surface area contributed by atoms with Gasteiger partial charge in [-0.05, 0) is 18.4 Å². The number of nitrogens with zero attached hydrogens (tertiary/aromatic N) is 3. The van der Waals surface area contributed by atoms with Crippen LogP contribution in [0.4, 0.5) is 0 Å². The van der Waals surface area contributed by atoms with Crippen molar-refractivity contribution in [3.8, 4) is 22.0 Å². The van der Waals surface area contributed by atoms with Crippen molar-refractivity contribution in [2.24, 2.45) is 0 Å². The summed E-state index contributed by atoms with van der Waals surface area (Å²) in [5, 5.41) is 9.92. The van der Waals surface area contributed by atoms with Gasteiger partial charge in [-0.2, -0.15) is 0 Å². The minimum Gasteiger partial charge on any atom is -0.439 e. The Hall–Kier alpha value is -2.38. The van der Waals surface area contributed by atoms with Gasteiger partial charge in [0.1, 0.15) is 0 Å². The topological polar surface area (TPSA) is 67.6 Å². The monoisotopic (exact) mass is 354 g/mol. The number of thioether (sulfide) groups is 1. The lowest BCUT2D eigenvalue weighted by atomic mass is 10.1. The van der Waals surface area contributed by atoms with Gasteiger partial charge in [0.25, 0.3) is 0 Å². The Kier molecular flexibility index (Phi) is 4.18. The van der Waals surface area contributed by atoms with Crippen molar-refractivity contribution in [1.29, 1.82) is 0 Å². The molecule has 0 spiro atoms. The smallest absolute Gasteiger partial charge is 0.209 e. The van der Waals surface area contributed by atoms with Gasteiger partial charge in [-0.3, -0.25) is 5.10 Å². The van der Waals surface area contributed by atoms with Crippen LogP contribution in [0.2, 0.25) is 0 Å². The molecule has 1 aromatic carbocycles. The minimum absolute atomic E-state index is 0.594. The highest BCUT2D eigenvalue weighted by molar-refractivity contribution is 7.98. The third-order valence-electron chi connectivity index (χ3n) is 3.43. The van der Waals surface area contributed by atoms with Crippen LogP contribution in [-0.2, 0) is 5.75 Å². The van der Waals surface area contributed by atoms with E-state index in [1.54, 1.807) is 17.5 Å². The maximum Gasteiger partial charge on any atom is 0.209 e. The molecule has 0 aliphatic carbocycles. The molecule has 0 amide bonds. The number of aromatic nitrogens is 4. The number of aryl methyl sites for hydroxylation is 1. The molecule has 0 saturated carbocycles. The lowest BCUT2D eigenvalue weighted by Gasteiger charge is -1.96. The largest absolute Gasteiger partial charge is 0.439 e. The SMILES string of the molecule is Cc1ccc(-c2nc(SCc3ncc(-c4cccs4)o3)n[nH]2)cc1. The van der Waals surface area contributed by atoms with Crippen molar-refractivity contribution < 1.29 is 4.42 Å². The van der Waals surface area contributed by atoms with Gasteiger partial charge in [-0.15, -0.1) is 16.4 Å². The number of aromatic amines is 1. The van der Waals surface area contributed by atoms with E-state index in [1.807, 2.05) is 29.6 Å². The van der Waals surface area contributed by atoms with Crippen molar-refractivity contribution in [1.82, 2.24) is 20.2 Å². The molecule has 0 aliphatic heterocycles. The molecule has 4 rings (SSSR count). The van der Waals surface area contributed by atoms with Crippen LogP contribution in [0, 0.1) is 6.92 Å². The first-order valence-electron chi connectivity index (χ1n) is 7.39. The molecular formula is C17H14N4OS2. The Morgan fingerprint density at radius 1 is 1.21 bits per heavy atom. The zero-order valence-corrected chi connectivity index (χ0v) is 14.5. The Labute approximate surface area is 147 Å². The third-order valence-corrected chi connectivity index (χ3v) is 5.15. The van der Waals surface area contributed by atoms with E-state index in [-0.39, 0.29) is 0 Å². The Balaban J connectivity index is 1.42. The van der Waals surface area contributed by atoms with Crippen molar-refractivity contribution in [2.75, 3.05) is 0 Å². The summed E-state index contributed by atoms with van der Waals surface area (Å²) in [7, 11) is 0. The number of H-pyrrole nitrogens is 1. The maximum atomic E-state index is 5.77. The molecule has 120 valence electrons. The molecule has 3 heterocycles. The summed E-state index contributed by atoms with van der Waals surface area (Å²) in [4.78, 5) is 9.91. The van der Waals surface area contributed by atoms with E-state index in [2.05, 4.69) is 39.2 Å². The summed E-state index contributed by atoms with van der Waals surface area (Å²) in [5.74, 6) is 2.83. The fraction of sp³-hybridized carbons (Fsp3) is 0.118. The van der Waals surface area contributed by atoms with Crippen LogP contribution in [0.25, 0.3) is 22.0 Å². The van der Waals surface area contributed by atoms with Crippen molar-refractivity contribution >= 4 is 23.1 Å². The molecule has 0 aliphatic rings. The standard InChI is InChI=1S/C17H14N4OS2/c1-11-4-6-12(7-5-11)16-19-17(21-20-16)24-10-15-18-9-13(22-15)14-3-2-8-23-14/h2-9H,10H2,1H3,(H,19,20,21). The van der Waals surface area contributed by atoms with E-state index in [9.17, 15) is 0 Å². The molecule has 7 heteroatoms. The highest BCUT2D eigenvalue weighted by atomic mass is 32.2. The van der Waals surface area contributed by atoms with Crippen LogP contribution in [0.1, 0.15) is 11.5 Å². The van der Waals surface area contributed by atoms with Crippen LogP contribution in [-0.4, -0.2) is 20.2 Å². The summed E-state index contributed by atoms with van der Waals surface area (Å²) < 4.78 is 5.77. The van der Waals surface area contributed by atoms with Crippen LogP contribution in [0.15, 0.2) is 57.5 Å². The van der Waals surface area contributed by atoms with Crippen molar-refractivity contribution in [2.45, 2.75) is 17.8 Å². The normalized spacial score (nSPS) is 11.0. The van der Waals surface area contributed by atoms with Gasteiger partial charge in [0.2, 0.25) is 11.0 Å². The number of hydrogen-bond acceptors (Lipinski definition) is 6. The summed E-state index contributed by atoms with van der Waals surface area (Å²) >= 11 is 3.13. The summed E-state index contributed by atoms with van der Waals surface area (Å²) in [6, 6.07) is 12.2. The fourth-order valence-electron chi connectivity index (χ4n) is 2.19. The molecule has 5 nitrogen and oxygen atoms in total. The van der Waals surface area contributed by atoms with E-state index >= 15 is 0 Å². The molecule has 24 heavy (non-hydrogen) atoms. The molecule has 3 aromatic heterocycles. The van der Waals surface area contributed by atoms with E-state index < -0.39 is 0 Å². The number of nitrogens with one attached hydrogen (secondary N) is 1. The predicted octanol–water partition coefficient (Wildman–Crippen LogP) is 4.79. The second kappa shape index (κ2) is 6.62. The van der Waals surface area contributed by atoms with Gasteiger partial charge in [-0.25, -0.2) is 9.97 Å². The van der Waals surface area contributed by atoms with Crippen LogP contribution < -0.4 is 0 Å². The molecule has 0 unspecified atom stereocenters. The van der Waals surface area contributed by atoms with E-state index in [1.165, 1.54) is 17.3 Å². The predicted molar refractivity (Wildman–Crippen MR) is 95.9 cm³/mol. The van der Waals surface area contributed by atoms with E-state index in [0.717, 1.165) is 22.0 Å². The Bertz CT molecular complexity index is 926. The first-order chi connectivity index (χ1) is 11.8. The molecule has 0 fully saturated rings. The number of benzene rings is 1. The number of thiophene rings is 1. The number of oxazole rings is 1. The van der Waals surface area contributed by atoms with Gasteiger partial charge in [0.05, 0.1) is 16.8 Å². The first kappa shape index (κ1) is 15.2. The minimum atomic E-state index is 0.594. The van der Waals surface area contributed by atoms with Crippen molar-refractivity contribution in [3.05, 3.63) is 59.4 Å². The second-order valence-electron chi connectivity index (χ2n) is 5.22. The summed E-state index contributed by atoms with van der Waals surface area (Å²) in [6.07, 6.45) is 1.76. The molecule has 4 aromatic rings. The van der Waals surface area contributed by atoms with Gasteiger partial charge >= 0.3 is 0 Å². The van der Waals surface area contributed by atoms with E-state index in [0.29, 0.717) is 16.8 Å². The average Bonchev–Trinajstić information content (AvgIpc) is 3.34. The fourth-order valence-corrected chi connectivity index (χ4v) is 3.51. The van der Waals surface area contributed by atoms with Gasteiger partial charge < -0.3 is 4.42 Å². The first-order valence-corrected chi connectivity index (χ1v) is 9.25. The van der Waals surface area contributed by atoms with E-state index in [4.69, 9.17) is 4.42 Å². The summed E-state index contributed by atoms with van der Waals surface area (Å²) in [5.41, 5.74) is 2.24. The molecule has 0 atom stereocenters. The Morgan fingerprint density at radius 2 is 2.08 bits per heavy atom. The molecule has 0 saturated heterocycles. The number of hydrogen-bond donors (Lipinski definition) is 1. The quantitative estimate of drug-likeness (QED) is 0.522. The van der Waals surface area contributed by atoms with Crippen LogP contribution in [0.3, 0.4) is 0 Å². The highest BCUT2D eigenvalue weighted by Crippen LogP contribution is 2.28. The van der Waals surface area contributed by atoms with Crippen LogP contribution >= 0.6 is 23.1 Å². The van der Waals surface area contributed by atoms with Gasteiger partial charge in [-0.1, -0.05) is 47.7 Å². The molecule has 1 N–H and O–H groups in total. The molecule has 0 radical (unpaired) electrons. The van der Waals surface area contributed by atoms with Gasteiger partial charge in [0.15, 0.2) is 11.6 Å². The van der Waals surface area contributed by atoms with Crippen molar-refractivity contribution in [3.63, 3.8) is 0 Å². The zero-order valence-electron chi connectivity index (χ0n) is 12.9. The molecular weight excluding hydrogens is 340 g/mol. The maximum absolute atomic E-state index is 5.77. The summed E-state index contributed by atoms with van der Waals surface area (Å²) in [6.45, 7) is 2.06.